The molecule has 0 spiro atoms. The summed E-state index contributed by atoms with van der Waals surface area (Å²) in [5.74, 6) is -0.0651. The second-order valence-corrected chi connectivity index (χ2v) is 9.66. The molecule has 30 heavy (non-hydrogen) atoms. The van der Waals surface area contributed by atoms with Gasteiger partial charge >= 0.3 is 6.03 Å². The number of rotatable bonds is 6. The molecule has 0 aliphatic carbocycles. The summed E-state index contributed by atoms with van der Waals surface area (Å²) in [6, 6.07) is 14.5. The SMILES string of the molecule is Cc1cc(C)n(Cc2cccc(NC(=O)Nc3cccc(CS(C)(=O)=O)c3C)c2)n1. The zero-order valence-electron chi connectivity index (χ0n) is 17.6. The first kappa shape index (κ1) is 21.6. The number of carbonyl (C=O) groups excluding carboxylic acids is 1. The van der Waals surface area contributed by atoms with Crippen molar-refractivity contribution in [2.75, 3.05) is 16.9 Å². The fourth-order valence-electron chi connectivity index (χ4n) is 3.30. The molecule has 2 amide bonds. The lowest BCUT2D eigenvalue weighted by atomic mass is 10.1. The molecule has 0 fully saturated rings. The van der Waals surface area contributed by atoms with Crippen molar-refractivity contribution >= 4 is 27.2 Å². The first-order valence-corrected chi connectivity index (χ1v) is 11.6. The average Bonchev–Trinajstić information content (AvgIpc) is 2.94. The minimum Gasteiger partial charge on any atom is -0.308 e. The van der Waals surface area contributed by atoms with E-state index in [2.05, 4.69) is 15.7 Å². The maximum absolute atomic E-state index is 12.5. The van der Waals surface area contributed by atoms with Crippen molar-refractivity contribution in [2.45, 2.75) is 33.1 Å². The first-order valence-electron chi connectivity index (χ1n) is 9.55. The monoisotopic (exact) mass is 426 g/mol. The number of urea groups is 1. The van der Waals surface area contributed by atoms with E-state index >= 15 is 0 Å². The summed E-state index contributed by atoms with van der Waals surface area (Å²) >= 11 is 0. The van der Waals surface area contributed by atoms with Crippen molar-refractivity contribution in [1.29, 1.82) is 0 Å². The van der Waals surface area contributed by atoms with Crippen molar-refractivity contribution in [1.82, 2.24) is 9.78 Å². The minimum atomic E-state index is -3.16. The molecular weight excluding hydrogens is 400 g/mol. The molecule has 3 rings (SSSR count). The van der Waals surface area contributed by atoms with Gasteiger partial charge in [0.15, 0.2) is 9.84 Å². The van der Waals surface area contributed by atoms with Gasteiger partial charge in [-0.15, -0.1) is 0 Å². The fraction of sp³-hybridized carbons (Fsp3) is 0.273. The Morgan fingerprint density at radius 1 is 1.03 bits per heavy atom. The smallest absolute Gasteiger partial charge is 0.308 e. The van der Waals surface area contributed by atoms with Gasteiger partial charge in [0.1, 0.15) is 0 Å². The number of hydrogen-bond acceptors (Lipinski definition) is 4. The van der Waals surface area contributed by atoms with Crippen LogP contribution in [-0.2, 0) is 22.1 Å². The van der Waals surface area contributed by atoms with Gasteiger partial charge in [-0.3, -0.25) is 4.68 Å². The van der Waals surface area contributed by atoms with Crippen LogP contribution in [0.5, 0.6) is 0 Å². The molecule has 0 aliphatic heterocycles. The molecule has 0 aliphatic rings. The highest BCUT2D eigenvalue weighted by atomic mass is 32.2. The first-order chi connectivity index (χ1) is 14.1. The number of carbonyl (C=O) groups is 1. The highest BCUT2D eigenvalue weighted by Crippen LogP contribution is 2.21. The van der Waals surface area contributed by atoms with Gasteiger partial charge in [-0.2, -0.15) is 5.10 Å². The predicted octanol–water partition coefficient (Wildman–Crippen LogP) is 4.05. The summed E-state index contributed by atoms with van der Waals surface area (Å²) in [5, 5.41) is 10.1. The Morgan fingerprint density at radius 3 is 2.43 bits per heavy atom. The Morgan fingerprint density at radius 2 is 1.77 bits per heavy atom. The molecule has 0 atom stereocenters. The standard InChI is InChI=1S/C22H26N4O3S/c1-15-11-16(2)26(25-15)13-18-7-5-9-20(12-18)23-22(27)24-21-10-6-8-19(17(21)3)14-30(4,28)29/h5-12H,13-14H2,1-4H3,(H2,23,24,27). The molecule has 0 bridgehead atoms. The molecule has 0 saturated carbocycles. The number of nitrogens with one attached hydrogen (secondary N) is 2. The van der Waals surface area contributed by atoms with E-state index in [0.29, 0.717) is 23.5 Å². The van der Waals surface area contributed by atoms with E-state index in [-0.39, 0.29) is 5.75 Å². The number of benzene rings is 2. The van der Waals surface area contributed by atoms with E-state index < -0.39 is 15.9 Å². The van der Waals surface area contributed by atoms with E-state index in [4.69, 9.17) is 0 Å². The lowest BCUT2D eigenvalue weighted by molar-refractivity contribution is 0.262. The Balaban J connectivity index is 1.70. The maximum atomic E-state index is 12.5. The molecule has 1 heterocycles. The zero-order chi connectivity index (χ0) is 21.9. The van der Waals surface area contributed by atoms with Crippen LogP contribution >= 0.6 is 0 Å². The number of anilines is 2. The summed E-state index contributed by atoms with van der Waals surface area (Å²) in [6.07, 6.45) is 1.19. The van der Waals surface area contributed by atoms with E-state index in [1.807, 2.05) is 48.9 Å². The van der Waals surface area contributed by atoms with E-state index in [1.165, 1.54) is 6.26 Å². The molecule has 1 aromatic heterocycles. The van der Waals surface area contributed by atoms with Crippen LogP contribution in [0, 0.1) is 20.8 Å². The summed E-state index contributed by atoms with van der Waals surface area (Å²) < 4.78 is 25.1. The van der Waals surface area contributed by atoms with Gasteiger partial charge in [0.05, 0.1) is 18.0 Å². The molecule has 0 unspecified atom stereocenters. The molecule has 2 N–H and O–H groups in total. The second-order valence-electron chi connectivity index (χ2n) is 7.52. The van der Waals surface area contributed by atoms with Crippen molar-refractivity contribution in [3.8, 4) is 0 Å². The number of nitrogens with zero attached hydrogens (tertiary/aromatic N) is 2. The van der Waals surface area contributed by atoms with Gasteiger partial charge in [-0.05, 0) is 61.7 Å². The van der Waals surface area contributed by atoms with Crippen LogP contribution in [0.25, 0.3) is 0 Å². The van der Waals surface area contributed by atoms with Crippen LogP contribution in [0.15, 0.2) is 48.5 Å². The summed E-state index contributed by atoms with van der Waals surface area (Å²) in [5.41, 5.74) is 5.70. The number of hydrogen-bond donors (Lipinski definition) is 2. The number of amides is 2. The highest BCUT2D eigenvalue weighted by Gasteiger charge is 2.12. The molecule has 8 heteroatoms. The summed E-state index contributed by atoms with van der Waals surface area (Å²) in [6.45, 7) is 6.38. The zero-order valence-corrected chi connectivity index (χ0v) is 18.4. The normalized spacial score (nSPS) is 11.3. The number of sulfone groups is 1. The predicted molar refractivity (Wildman–Crippen MR) is 120 cm³/mol. The molecule has 3 aromatic rings. The summed E-state index contributed by atoms with van der Waals surface area (Å²) in [4.78, 5) is 12.5. The Hall–Kier alpha value is -3.13. The van der Waals surface area contributed by atoms with Crippen LogP contribution in [0.2, 0.25) is 0 Å². The largest absolute Gasteiger partial charge is 0.323 e. The molecule has 0 saturated heterocycles. The van der Waals surface area contributed by atoms with E-state index in [0.717, 1.165) is 22.5 Å². The average molecular weight is 427 g/mol. The lowest BCUT2D eigenvalue weighted by Gasteiger charge is -2.13. The lowest BCUT2D eigenvalue weighted by Crippen LogP contribution is -2.20. The van der Waals surface area contributed by atoms with Gasteiger partial charge in [-0.1, -0.05) is 24.3 Å². The van der Waals surface area contributed by atoms with E-state index in [9.17, 15) is 13.2 Å². The van der Waals surface area contributed by atoms with Gasteiger partial charge in [-0.25, -0.2) is 13.2 Å². The van der Waals surface area contributed by atoms with Gasteiger partial charge in [0, 0.05) is 23.3 Å². The van der Waals surface area contributed by atoms with Crippen molar-refractivity contribution < 1.29 is 13.2 Å². The fourth-order valence-corrected chi connectivity index (χ4v) is 4.18. The number of aryl methyl sites for hydroxylation is 2. The van der Waals surface area contributed by atoms with Crippen molar-refractivity contribution in [3.05, 3.63) is 76.6 Å². The summed E-state index contributed by atoms with van der Waals surface area (Å²) in [7, 11) is -3.16. The van der Waals surface area contributed by atoms with E-state index in [1.54, 1.807) is 25.1 Å². The molecule has 7 nitrogen and oxygen atoms in total. The van der Waals surface area contributed by atoms with Crippen molar-refractivity contribution in [2.24, 2.45) is 0 Å². The van der Waals surface area contributed by atoms with Gasteiger partial charge in [0.2, 0.25) is 0 Å². The molecule has 158 valence electrons. The third-order valence-corrected chi connectivity index (χ3v) is 5.57. The van der Waals surface area contributed by atoms with Crippen LogP contribution < -0.4 is 10.6 Å². The number of aromatic nitrogens is 2. The molecule has 2 aromatic carbocycles. The topological polar surface area (TPSA) is 93.1 Å². The Labute approximate surface area is 177 Å². The van der Waals surface area contributed by atoms with Crippen LogP contribution in [0.3, 0.4) is 0 Å². The molecule has 0 radical (unpaired) electrons. The Kier molecular flexibility index (Phi) is 6.26. The van der Waals surface area contributed by atoms with Crippen LogP contribution in [0.1, 0.15) is 28.1 Å². The third-order valence-electron chi connectivity index (χ3n) is 4.73. The molecular formula is C22H26N4O3S. The quantitative estimate of drug-likeness (QED) is 0.622. The highest BCUT2D eigenvalue weighted by molar-refractivity contribution is 7.89. The second kappa shape index (κ2) is 8.71. The minimum absolute atomic E-state index is 0.0651. The van der Waals surface area contributed by atoms with Crippen LogP contribution in [-0.4, -0.2) is 30.5 Å². The van der Waals surface area contributed by atoms with Crippen LogP contribution in [0.4, 0.5) is 16.2 Å². The van der Waals surface area contributed by atoms with Gasteiger partial charge in [0.25, 0.3) is 0 Å². The third kappa shape index (κ3) is 5.70. The van der Waals surface area contributed by atoms with Gasteiger partial charge < -0.3 is 10.6 Å². The van der Waals surface area contributed by atoms with Crippen molar-refractivity contribution in [3.63, 3.8) is 0 Å². The Bertz CT molecular complexity index is 1180. The maximum Gasteiger partial charge on any atom is 0.323 e.